The monoisotopic (exact) mass is 385 g/mol. The van der Waals surface area contributed by atoms with Gasteiger partial charge in [0.1, 0.15) is 5.82 Å². The van der Waals surface area contributed by atoms with Crippen molar-refractivity contribution in [3.8, 4) is 0 Å². The topological polar surface area (TPSA) is 72.5 Å². The van der Waals surface area contributed by atoms with E-state index in [1.165, 1.54) is 12.1 Å². The fourth-order valence-electron chi connectivity index (χ4n) is 4.50. The van der Waals surface area contributed by atoms with Gasteiger partial charge in [-0.25, -0.2) is 4.39 Å². The lowest BCUT2D eigenvalue weighted by atomic mass is 9.79. The molecule has 7 heteroatoms. The molecule has 2 fully saturated rings. The van der Waals surface area contributed by atoms with Crippen molar-refractivity contribution in [2.75, 3.05) is 32.7 Å². The SMILES string of the molecule is CCNC(=NCCc1c[nH]c2cc(F)ccc12)N1CCCC2(CNC(=O)C2)C1. The van der Waals surface area contributed by atoms with E-state index in [-0.39, 0.29) is 17.1 Å². The Balaban J connectivity index is 1.45. The Morgan fingerprint density at radius 3 is 3.11 bits per heavy atom. The highest BCUT2D eigenvalue weighted by atomic mass is 19.1. The molecule has 150 valence electrons. The van der Waals surface area contributed by atoms with Gasteiger partial charge < -0.3 is 20.5 Å². The standard InChI is InChI=1S/C21H28FN5O/c1-2-23-20(27-9-3-7-21(14-27)11-19(28)26-13-21)24-8-6-15-12-25-18-10-16(22)4-5-17(15)18/h4-5,10,12,25H,2-3,6-9,11,13-14H2,1H3,(H,23,24)(H,26,28). The lowest BCUT2D eigenvalue weighted by Crippen LogP contribution is -2.51. The van der Waals surface area contributed by atoms with E-state index in [4.69, 9.17) is 4.99 Å². The van der Waals surface area contributed by atoms with Crippen LogP contribution in [0, 0.1) is 11.2 Å². The van der Waals surface area contributed by atoms with Crippen LogP contribution in [0.15, 0.2) is 29.4 Å². The van der Waals surface area contributed by atoms with E-state index in [1.807, 2.05) is 12.3 Å². The molecule has 1 aromatic heterocycles. The van der Waals surface area contributed by atoms with Gasteiger partial charge in [0.2, 0.25) is 5.91 Å². The van der Waals surface area contributed by atoms with Crippen molar-refractivity contribution in [1.29, 1.82) is 0 Å². The minimum Gasteiger partial charge on any atom is -0.361 e. The highest BCUT2D eigenvalue weighted by molar-refractivity contribution is 5.84. The number of aromatic nitrogens is 1. The first-order chi connectivity index (χ1) is 13.6. The highest BCUT2D eigenvalue weighted by Gasteiger charge is 2.42. The van der Waals surface area contributed by atoms with Gasteiger partial charge in [0.05, 0.1) is 0 Å². The van der Waals surface area contributed by atoms with Crippen LogP contribution in [-0.4, -0.2) is 54.5 Å². The second-order valence-electron chi connectivity index (χ2n) is 7.97. The van der Waals surface area contributed by atoms with E-state index in [0.29, 0.717) is 13.0 Å². The van der Waals surface area contributed by atoms with E-state index >= 15 is 0 Å². The van der Waals surface area contributed by atoms with Gasteiger partial charge in [0.15, 0.2) is 5.96 Å². The molecule has 6 nitrogen and oxygen atoms in total. The Labute approximate surface area is 164 Å². The summed E-state index contributed by atoms with van der Waals surface area (Å²) in [5, 5.41) is 7.46. The third-order valence-corrected chi connectivity index (χ3v) is 5.86. The number of aliphatic imine (C=N–C) groups is 1. The quantitative estimate of drug-likeness (QED) is 0.559. The molecular weight excluding hydrogens is 357 g/mol. The van der Waals surface area contributed by atoms with Gasteiger partial charge >= 0.3 is 0 Å². The molecular formula is C21H28FN5O. The van der Waals surface area contributed by atoms with E-state index in [0.717, 1.165) is 67.9 Å². The number of nitrogens with one attached hydrogen (secondary N) is 3. The molecule has 1 unspecified atom stereocenters. The zero-order chi connectivity index (χ0) is 19.6. The highest BCUT2D eigenvalue weighted by Crippen LogP contribution is 2.36. The number of rotatable bonds is 4. The number of fused-ring (bicyclic) bond motifs is 1. The van der Waals surface area contributed by atoms with Crippen LogP contribution in [0.4, 0.5) is 4.39 Å². The third-order valence-electron chi connectivity index (χ3n) is 5.86. The Morgan fingerprint density at radius 2 is 2.32 bits per heavy atom. The first-order valence-electron chi connectivity index (χ1n) is 10.1. The van der Waals surface area contributed by atoms with Gasteiger partial charge in [-0.05, 0) is 49.9 Å². The Hall–Kier alpha value is -2.57. The molecule has 2 aromatic rings. The van der Waals surface area contributed by atoms with Crippen LogP contribution in [0.1, 0.15) is 31.7 Å². The summed E-state index contributed by atoms with van der Waals surface area (Å²) in [5.41, 5.74) is 2.02. The normalized spacial score (nSPS) is 22.9. The number of H-pyrrole nitrogens is 1. The van der Waals surface area contributed by atoms with Crippen molar-refractivity contribution in [2.24, 2.45) is 10.4 Å². The molecule has 1 spiro atoms. The number of likely N-dealkylation sites (tertiary alicyclic amines) is 1. The largest absolute Gasteiger partial charge is 0.361 e. The first-order valence-corrected chi connectivity index (χ1v) is 10.1. The molecule has 2 aliphatic rings. The fraction of sp³-hybridized carbons (Fsp3) is 0.524. The number of guanidine groups is 1. The number of piperidine rings is 1. The Kier molecular flexibility index (Phi) is 5.24. The number of benzene rings is 1. The van der Waals surface area contributed by atoms with Crippen molar-refractivity contribution in [3.63, 3.8) is 0 Å². The lowest BCUT2D eigenvalue weighted by Gasteiger charge is -2.40. The number of nitrogens with zero attached hydrogens (tertiary/aromatic N) is 2. The van der Waals surface area contributed by atoms with E-state index in [2.05, 4.69) is 27.4 Å². The molecule has 1 aromatic carbocycles. The van der Waals surface area contributed by atoms with Crippen molar-refractivity contribution >= 4 is 22.8 Å². The number of carbonyl (C=O) groups excluding carboxylic acids is 1. The Morgan fingerprint density at radius 1 is 1.43 bits per heavy atom. The summed E-state index contributed by atoms with van der Waals surface area (Å²) >= 11 is 0. The molecule has 0 aliphatic carbocycles. The van der Waals surface area contributed by atoms with Crippen LogP contribution in [-0.2, 0) is 11.2 Å². The van der Waals surface area contributed by atoms with Gasteiger partial charge in [0, 0.05) is 61.7 Å². The molecule has 2 aliphatic heterocycles. The smallest absolute Gasteiger partial charge is 0.220 e. The summed E-state index contributed by atoms with van der Waals surface area (Å²) in [5.74, 6) is 0.860. The number of halogens is 1. The summed E-state index contributed by atoms with van der Waals surface area (Å²) in [7, 11) is 0. The van der Waals surface area contributed by atoms with E-state index in [1.54, 1.807) is 0 Å². The van der Waals surface area contributed by atoms with Gasteiger partial charge in [-0.3, -0.25) is 9.79 Å². The average Bonchev–Trinajstić information content (AvgIpc) is 3.24. The molecule has 2 saturated heterocycles. The summed E-state index contributed by atoms with van der Waals surface area (Å²) in [6.07, 6.45) is 5.52. The Bertz CT molecular complexity index is 892. The van der Waals surface area contributed by atoms with Crippen LogP contribution < -0.4 is 10.6 Å². The lowest BCUT2D eigenvalue weighted by molar-refractivity contribution is -0.119. The zero-order valence-electron chi connectivity index (χ0n) is 16.4. The minimum atomic E-state index is -0.229. The molecule has 28 heavy (non-hydrogen) atoms. The van der Waals surface area contributed by atoms with Gasteiger partial charge in [-0.1, -0.05) is 0 Å². The van der Waals surface area contributed by atoms with Gasteiger partial charge in [-0.2, -0.15) is 0 Å². The third kappa shape index (κ3) is 3.84. The molecule has 1 amide bonds. The number of aromatic amines is 1. The maximum atomic E-state index is 13.4. The van der Waals surface area contributed by atoms with Crippen LogP contribution in [0.5, 0.6) is 0 Å². The van der Waals surface area contributed by atoms with Crippen LogP contribution in [0.3, 0.4) is 0 Å². The predicted octanol–water partition coefficient (Wildman–Crippen LogP) is 2.42. The first kappa shape index (κ1) is 18.8. The molecule has 0 radical (unpaired) electrons. The van der Waals surface area contributed by atoms with Crippen molar-refractivity contribution < 1.29 is 9.18 Å². The van der Waals surface area contributed by atoms with Crippen LogP contribution in [0.25, 0.3) is 10.9 Å². The molecule has 3 N–H and O–H groups in total. The maximum Gasteiger partial charge on any atom is 0.220 e. The summed E-state index contributed by atoms with van der Waals surface area (Å²) in [4.78, 5) is 22.0. The molecule has 4 rings (SSSR count). The summed E-state index contributed by atoms with van der Waals surface area (Å²) in [6.45, 7) is 6.15. The summed E-state index contributed by atoms with van der Waals surface area (Å²) < 4.78 is 13.4. The molecule has 0 saturated carbocycles. The number of amides is 1. The van der Waals surface area contributed by atoms with Gasteiger partial charge in [0.25, 0.3) is 0 Å². The fourth-order valence-corrected chi connectivity index (χ4v) is 4.50. The average molecular weight is 385 g/mol. The van der Waals surface area contributed by atoms with Crippen LogP contribution in [0.2, 0.25) is 0 Å². The molecule has 1 atom stereocenters. The second-order valence-corrected chi connectivity index (χ2v) is 7.97. The zero-order valence-corrected chi connectivity index (χ0v) is 16.4. The van der Waals surface area contributed by atoms with Crippen molar-refractivity contribution in [1.82, 2.24) is 20.5 Å². The second kappa shape index (κ2) is 7.81. The number of carbonyl (C=O) groups is 1. The predicted molar refractivity (Wildman–Crippen MR) is 109 cm³/mol. The molecule has 0 bridgehead atoms. The summed E-state index contributed by atoms with van der Waals surface area (Å²) in [6, 6.07) is 4.84. The van der Waals surface area contributed by atoms with Crippen LogP contribution >= 0.6 is 0 Å². The van der Waals surface area contributed by atoms with E-state index in [9.17, 15) is 9.18 Å². The molecule has 3 heterocycles. The minimum absolute atomic E-state index is 0.0481. The van der Waals surface area contributed by atoms with Crippen molar-refractivity contribution in [2.45, 2.75) is 32.6 Å². The van der Waals surface area contributed by atoms with Crippen molar-refractivity contribution in [3.05, 3.63) is 35.8 Å². The number of hydrogen-bond donors (Lipinski definition) is 3. The van der Waals surface area contributed by atoms with E-state index < -0.39 is 0 Å². The number of hydrogen-bond acceptors (Lipinski definition) is 2. The maximum absolute atomic E-state index is 13.4. The van der Waals surface area contributed by atoms with Gasteiger partial charge in [-0.15, -0.1) is 0 Å².